The lowest BCUT2D eigenvalue weighted by atomic mass is 10.1. The van der Waals surface area contributed by atoms with Crippen molar-refractivity contribution >= 4 is 17.3 Å². The number of nitrogens with one attached hydrogen (secondary N) is 2. The van der Waals surface area contributed by atoms with E-state index in [1.54, 1.807) is 11.3 Å². The first kappa shape index (κ1) is 21.5. The molecule has 2 N–H and O–H groups in total. The highest BCUT2D eigenvalue weighted by molar-refractivity contribution is 7.10. The first-order valence-electron chi connectivity index (χ1n) is 10.7. The number of ether oxygens (including phenoxy) is 1. The van der Waals surface area contributed by atoms with Gasteiger partial charge in [-0.25, -0.2) is 0 Å². The van der Waals surface area contributed by atoms with E-state index in [9.17, 15) is 0 Å². The number of nitrogens with zero attached hydrogens (tertiary/aromatic N) is 4. The van der Waals surface area contributed by atoms with Crippen molar-refractivity contribution in [2.75, 3.05) is 39.9 Å². The molecule has 31 heavy (non-hydrogen) atoms. The largest absolute Gasteiger partial charge is 0.379 e. The Morgan fingerprint density at radius 3 is 2.68 bits per heavy atom. The van der Waals surface area contributed by atoms with Crippen LogP contribution in [0.25, 0.3) is 0 Å². The molecule has 1 aromatic carbocycles. The van der Waals surface area contributed by atoms with E-state index in [2.05, 4.69) is 67.4 Å². The lowest BCUT2D eigenvalue weighted by Gasteiger charge is -2.34. The van der Waals surface area contributed by atoms with Crippen molar-refractivity contribution in [2.24, 2.45) is 4.99 Å². The molecule has 0 bridgehead atoms. The topological polar surface area (TPSA) is 66.7 Å². The highest BCUT2D eigenvalue weighted by Gasteiger charge is 2.23. The van der Waals surface area contributed by atoms with Crippen LogP contribution >= 0.6 is 11.3 Å². The smallest absolute Gasteiger partial charge is 0.191 e. The minimum Gasteiger partial charge on any atom is -0.379 e. The van der Waals surface area contributed by atoms with Crippen molar-refractivity contribution in [1.29, 1.82) is 0 Å². The first-order valence-corrected chi connectivity index (χ1v) is 11.6. The van der Waals surface area contributed by atoms with E-state index in [-0.39, 0.29) is 0 Å². The summed E-state index contributed by atoms with van der Waals surface area (Å²) < 4.78 is 7.49. The van der Waals surface area contributed by atoms with E-state index in [1.165, 1.54) is 16.0 Å². The summed E-state index contributed by atoms with van der Waals surface area (Å²) in [6.45, 7) is 5.76. The predicted octanol–water partition coefficient (Wildman–Crippen LogP) is 2.73. The molecule has 1 saturated heterocycles. The zero-order chi connectivity index (χ0) is 21.3. The van der Waals surface area contributed by atoms with Crippen molar-refractivity contribution in [3.63, 3.8) is 0 Å². The molecule has 1 aliphatic heterocycles. The summed E-state index contributed by atoms with van der Waals surface area (Å²) in [5, 5.41) is 13.5. The van der Waals surface area contributed by atoms with Gasteiger partial charge in [-0.05, 0) is 28.6 Å². The molecule has 3 aromatic rings. The SMILES string of the molecule is CN=C(NCc1ccccc1Cn1cccn1)NCC(c1cccs1)N1CCOCC1. The molecule has 1 fully saturated rings. The van der Waals surface area contributed by atoms with Crippen LogP contribution in [0.15, 0.2) is 65.2 Å². The van der Waals surface area contributed by atoms with Crippen molar-refractivity contribution in [3.8, 4) is 0 Å². The fourth-order valence-corrected chi connectivity index (χ4v) is 4.69. The van der Waals surface area contributed by atoms with Crippen LogP contribution < -0.4 is 10.6 Å². The molecular weight excluding hydrogens is 408 g/mol. The molecule has 1 unspecified atom stereocenters. The van der Waals surface area contributed by atoms with Gasteiger partial charge < -0.3 is 15.4 Å². The number of thiophene rings is 1. The summed E-state index contributed by atoms with van der Waals surface area (Å²) >= 11 is 1.81. The van der Waals surface area contributed by atoms with Crippen LogP contribution in [0.3, 0.4) is 0 Å². The molecule has 1 atom stereocenters. The van der Waals surface area contributed by atoms with E-state index >= 15 is 0 Å². The zero-order valence-corrected chi connectivity index (χ0v) is 18.7. The van der Waals surface area contributed by atoms with E-state index in [0.29, 0.717) is 12.6 Å². The Hall–Kier alpha value is -2.68. The lowest BCUT2D eigenvalue weighted by Crippen LogP contribution is -2.46. The standard InChI is InChI=1S/C23H30N6OS/c1-24-23(25-16-19-6-2-3-7-20(19)18-29-10-5-9-27-29)26-17-21(22-8-4-15-31-22)28-11-13-30-14-12-28/h2-10,15,21H,11-14,16-18H2,1H3,(H2,24,25,26). The van der Waals surface area contributed by atoms with Gasteiger partial charge in [-0.2, -0.15) is 5.10 Å². The molecule has 3 heterocycles. The minimum absolute atomic E-state index is 0.314. The van der Waals surface area contributed by atoms with E-state index in [4.69, 9.17) is 4.74 Å². The van der Waals surface area contributed by atoms with Gasteiger partial charge in [-0.15, -0.1) is 11.3 Å². The maximum Gasteiger partial charge on any atom is 0.191 e. The number of aliphatic imine (C=N–C) groups is 1. The summed E-state index contributed by atoms with van der Waals surface area (Å²) in [4.78, 5) is 8.31. The fourth-order valence-electron chi connectivity index (χ4n) is 3.83. The van der Waals surface area contributed by atoms with Gasteiger partial charge in [-0.1, -0.05) is 30.3 Å². The summed E-state index contributed by atoms with van der Waals surface area (Å²) in [5.74, 6) is 0.809. The first-order chi connectivity index (χ1) is 15.3. The number of rotatable bonds is 8. The van der Waals surface area contributed by atoms with Gasteiger partial charge >= 0.3 is 0 Å². The number of hydrogen-bond donors (Lipinski definition) is 2. The molecule has 0 spiro atoms. The summed E-state index contributed by atoms with van der Waals surface area (Å²) in [5.41, 5.74) is 2.49. The van der Waals surface area contributed by atoms with Gasteiger partial charge in [0.2, 0.25) is 0 Å². The van der Waals surface area contributed by atoms with Crippen LogP contribution in [-0.4, -0.2) is 60.5 Å². The lowest BCUT2D eigenvalue weighted by molar-refractivity contribution is 0.0177. The molecule has 4 rings (SSSR count). The molecule has 0 saturated carbocycles. The van der Waals surface area contributed by atoms with Gasteiger partial charge in [0.1, 0.15) is 0 Å². The summed E-state index contributed by atoms with van der Waals surface area (Å²) in [6.07, 6.45) is 3.80. The number of guanidine groups is 1. The summed E-state index contributed by atoms with van der Waals surface area (Å²) in [6, 6.07) is 15.1. The van der Waals surface area contributed by atoms with Gasteiger partial charge in [0.15, 0.2) is 5.96 Å². The number of benzene rings is 1. The third-order valence-corrected chi connectivity index (χ3v) is 6.47. The Morgan fingerprint density at radius 1 is 1.13 bits per heavy atom. The monoisotopic (exact) mass is 438 g/mol. The molecule has 2 aromatic heterocycles. The van der Waals surface area contributed by atoms with Crippen LogP contribution in [0.4, 0.5) is 0 Å². The van der Waals surface area contributed by atoms with Gasteiger partial charge in [-0.3, -0.25) is 14.6 Å². The van der Waals surface area contributed by atoms with Crippen molar-refractivity contribution < 1.29 is 4.74 Å². The number of hydrogen-bond acceptors (Lipinski definition) is 5. The third kappa shape index (κ3) is 5.94. The fraction of sp³-hybridized carbons (Fsp3) is 0.391. The highest BCUT2D eigenvalue weighted by Crippen LogP contribution is 2.25. The second-order valence-electron chi connectivity index (χ2n) is 7.46. The maximum atomic E-state index is 5.55. The molecule has 7 nitrogen and oxygen atoms in total. The second-order valence-corrected chi connectivity index (χ2v) is 8.44. The minimum atomic E-state index is 0.314. The molecule has 0 aliphatic carbocycles. The average molecular weight is 439 g/mol. The molecular formula is C23H30N6OS. The molecule has 164 valence electrons. The number of aromatic nitrogens is 2. The predicted molar refractivity (Wildman–Crippen MR) is 125 cm³/mol. The van der Waals surface area contributed by atoms with Crippen LogP contribution in [0.5, 0.6) is 0 Å². The van der Waals surface area contributed by atoms with Crippen molar-refractivity contribution in [2.45, 2.75) is 19.1 Å². The van der Waals surface area contributed by atoms with Crippen molar-refractivity contribution in [3.05, 3.63) is 76.2 Å². The van der Waals surface area contributed by atoms with E-state index < -0.39 is 0 Å². The van der Waals surface area contributed by atoms with Crippen molar-refractivity contribution in [1.82, 2.24) is 25.3 Å². The average Bonchev–Trinajstić information content (AvgIpc) is 3.52. The van der Waals surface area contributed by atoms with E-state index in [0.717, 1.165) is 45.4 Å². The van der Waals surface area contributed by atoms with Gasteiger partial charge in [0, 0.05) is 50.5 Å². The zero-order valence-electron chi connectivity index (χ0n) is 17.9. The van der Waals surface area contributed by atoms with Crippen LogP contribution in [-0.2, 0) is 17.8 Å². The Labute approximate surface area is 187 Å². The Kier molecular flexibility index (Phi) is 7.71. The third-order valence-electron chi connectivity index (χ3n) is 5.50. The second kappa shape index (κ2) is 11.1. The Morgan fingerprint density at radius 2 is 1.97 bits per heavy atom. The van der Waals surface area contributed by atoms with Gasteiger partial charge in [0.05, 0.1) is 25.8 Å². The van der Waals surface area contributed by atoms with Crippen LogP contribution in [0.2, 0.25) is 0 Å². The summed E-state index contributed by atoms with van der Waals surface area (Å²) in [7, 11) is 1.82. The number of morpholine rings is 1. The van der Waals surface area contributed by atoms with Gasteiger partial charge in [0.25, 0.3) is 0 Å². The quantitative estimate of drug-likeness (QED) is 0.418. The molecule has 8 heteroatoms. The maximum absolute atomic E-state index is 5.55. The van der Waals surface area contributed by atoms with Crippen LogP contribution in [0.1, 0.15) is 22.0 Å². The molecule has 0 radical (unpaired) electrons. The molecule has 0 amide bonds. The Bertz CT molecular complexity index is 935. The highest BCUT2D eigenvalue weighted by atomic mass is 32.1. The molecule has 1 aliphatic rings. The van der Waals surface area contributed by atoms with Crippen LogP contribution in [0, 0.1) is 0 Å². The Balaban J connectivity index is 1.36. The van der Waals surface area contributed by atoms with E-state index in [1.807, 2.05) is 30.2 Å². The normalized spacial score (nSPS) is 16.2.